The minimum Gasteiger partial charge on any atom is -0.352 e. The summed E-state index contributed by atoms with van der Waals surface area (Å²) in [5, 5.41) is 24.5. The SMILES string of the molecule is Cl.Cn1cc([C@H]2CNC[C@@H]2C(=O)NCc2ccc(-c3nn[nH]n3)cc2)cn1. The fourth-order valence-corrected chi connectivity index (χ4v) is 3.31. The van der Waals surface area contributed by atoms with Crippen molar-refractivity contribution in [3.05, 3.63) is 47.8 Å². The van der Waals surface area contributed by atoms with Crippen LogP contribution in [0.1, 0.15) is 17.0 Å². The lowest BCUT2D eigenvalue weighted by molar-refractivity contribution is -0.125. The molecule has 3 aromatic rings. The van der Waals surface area contributed by atoms with Gasteiger partial charge in [-0.3, -0.25) is 9.48 Å². The van der Waals surface area contributed by atoms with E-state index in [-0.39, 0.29) is 30.2 Å². The van der Waals surface area contributed by atoms with E-state index in [9.17, 15) is 4.79 Å². The number of aromatic nitrogens is 6. The molecule has 1 amide bonds. The van der Waals surface area contributed by atoms with Gasteiger partial charge in [-0.15, -0.1) is 22.6 Å². The van der Waals surface area contributed by atoms with Crippen LogP contribution in [0.4, 0.5) is 0 Å². The van der Waals surface area contributed by atoms with Gasteiger partial charge in [0, 0.05) is 44.4 Å². The molecule has 10 heteroatoms. The van der Waals surface area contributed by atoms with E-state index in [1.54, 1.807) is 4.68 Å². The minimum absolute atomic E-state index is 0. The molecule has 3 N–H and O–H groups in total. The maximum absolute atomic E-state index is 12.7. The Balaban J connectivity index is 0.00000210. The zero-order valence-electron chi connectivity index (χ0n) is 14.8. The van der Waals surface area contributed by atoms with Crippen LogP contribution in [0, 0.1) is 5.92 Å². The first-order chi connectivity index (χ1) is 12.7. The van der Waals surface area contributed by atoms with E-state index < -0.39 is 0 Å². The van der Waals surface area contributed by atoms with Gasteiger partial charge in [-0.2, -0.15) is 10.3 Å². The van der Waals surface area contributed by atoms with Crippen molar-refractivity contribution in [3.63, 3.8) is 0 Å². The van der Waals surface area contributed by atoms with E-state index in [1.165, 1.54) is 0 Å². The summed E-state index contributed by atoms with van der Waals surface area (Å²) in [7, 11) is 1.89. The number of H-pyrrole nitrogens is 1. The Bertz CT molecular complexity index is 877. The molecule has 0 unspecified atom stereocenters. The summed E-state index contributed by atoms with van der Waals surface area (Å²) in [4.78, 5) is 12.7. The van der Waals surface area contributed by atoms with Crippen molar-refractivity contribution in [1.29, 1.82) is 0 Å². The van der Waals surface area contributed by atoms with Crippen molar-refractivity contribution in [3.8, 4) is 11.4 Å². The molecular formula is C17H21ClN8O. The topological polar surface area (TPSA) is 113 Å². The zero-order valence-corrected chi connectivity index (χ0v) is 15.6. The molecule has 0 aliphatic carbocycles. The Morgan fingerprint density at radius 3 is 2.78 bits per heavy atom. The summed E-state index contributed by atoms with van der Waals surface area (Å²) in [5.41, 5.74) is 3.00. The van der Waals surface area contributed by atoms with Gasteiger partial charge < -0.3 is 10.6 Å². The highest BCUT2D eigenvalue weighted by Gasteiger charge is 2.34. The Hall–Kier alpha value is -2.78. The van der Waals surface area contributed by atoms with Crippen LogP contribution in [0.3, 0.4) is 0 Å². The van der Waals surface area contributed by atoms with E-state index in [4.69, 9.17) is 0 Å². The lowest BCUT2D eigenvalue weighted by Gasteiger charge is -2.17. The Morgan fingerprint density at radius 2 is 2.11 bits per heavy atom. The van der Waals surface area contributed by atoms with Crippen LogP contribution in [-0.4, -0.2) is 49.4 Å². The molecule has 1 fully saturated rings. The molecule has 1 aliphatic heterocycles. The number of aromatic amines is 1. The lowest BCUT2D eigenvalue weighted by Crippen LogP contribution is -2.33. The van der Waals surface area contributed by atoms with Crippen molar-refractivity contribution >= 4 is 18.3 Å². The second-order valence-corrected chi connectivity index (χ2v) is 6.47. The molecule has 9 nitrogen and oxygen atoms in total. The van der Waals surface area contributed by atoms with Crippen LogP contribution in [0.5, 0.6) is 0 Å². The van der Waals surface area contributed by atoms with Gasteiger partial charge in [0.15, 0.2) is 0 Å². The molecule has 0 saturated carbocycles. The van der Waals surface area contributed by atoms with Crippen molar-refractivity contribution in [2.45, 2.75) is 12.5 Å². The number of benzene rings is 1. The first kappa shape index (κ1) is 19.0. The average molecular weight is 389 g/mol. The normalized spacial score (nSPS) is 18.9. The van der Waals surface area contributed by atoms with Crippen molar-refractivity contribution < 1.29 is 4.79 Å². The first-order valence-corrected chi connectivity index (χ1v) is 8.50. The molecular weight excluding hydrogens is 368 g/mol. The van der Waals surface area contributed by atoms with Gasteiger partial charge in [0.05, 0.1) is 12.1 Å². The highest BCUT2D eigenvalue weighted by molar-refractivity contribution is 5.85. The van der Waals surface area contributed by atoms with Gasteiger partial charge in [0.1, 0.15) is 0 Å². The van der Waals surface area contributed by atoms with Crippen LogP contribution in [0.2, 0.25) is 0 Å². The number of halogens is 1. The molecule has 0 spiro atoms. The third-order valence-corrected chi connectivity index (χ3v) is 4.73. The van der Waals surface area contributed by atoms with Crippen LogP contribution in [0.25, 0.3) is 11.4 Å². The summed E-state index contributed by atoms with van der Waals surface area (Å²) in [6.45, 7) is 1.97. The molecule has 27 heavy (non-hydrogen) atoms. The molecule has 2 atom stereocenters. The lowest BCUT2D eigenvalue weighted by atomic mass is 9.90. The van der Waals surface area contributed by atoms with Crippen LogP contribution >= 0.6 is 12.4 Å². The molecule has 1 aromatic carbocycles. The molecule has 3 heterocycles. The quantitative estimate of drug-likeness (QED) is 0.591. The molecule has 2 aromatic heterocycles. The van der Waals surface area contributed by atoms with Gasteiger partial charge in [-0.1, -0.05) is 24.3 Å². The first-order valence-electron chi connectivity index (χ1n) is 8.50. The number of hydrogen-bond acceptors (Lipinski definition) is 6. The Morgan fingerprint density at radius 1 is 1.30 bits per heavy atom. The second kappa shape index (κ2) is 8.28. The third kappa shape index (κ3) is 4.15. The zero-order chi connectivity index (χ0) is 17.9. The summed E-state index contributed by atoms with van der Waals surface area (Å²) < 4.78 is 1.77. The molecule has 1 aliphatic rings. The van der Waals surface area contributed by atoms with Gasteiger partial charge in [-0.05, 0) is 16.3 Å². The van der Waals surface area contributed by atoms with E-state index in [0.717, 1.165) is 23.2 Å². The smallest absolute Gasteiger partial charge is 0.225 e. The van der Waals surface area contributed by atoms with Crippen LogP contribution in [0.15, 0.2) is 36.7 Å². The van der Waals surface area contributed by atoms with Crippen molar-refractivity contribution in [1.82, 2.24) is 41.0 Å². The number of nitrogens with one attached hydrogen (secondary N) is 3. The van der Waals surface area contributed by atoms with Gasteiger partial charge in [0.25, 0.3) is 0 Å². The van der Waals surface area contributed by atoms with Gasteiger partial charge in [0.2, 0.25) is 11.7 Å². The standard InChI is InChI=1S/C17H20N8O.ClH/c1-25-10-13(7-20-25)14-8-18-9-15(14)17(26)19-6-11-2-4-12(5-3-11)16-21-23-24-22-16;/h2-5,7,10,14-15,18H,6,8-9H2,1H3,(H,19,26)(H,21,22,23,24);1H/t14-,15+;/m1./s1. The number of nitrogens with zero attached hydrogens (tertiary/aromatic N) is 5. The molecule has 1 saturated heterocycles. The molecule has 4 rings (SSSR count). The third-order valence-electron chi connectivity index (χ3n) is 4.73. The van der Waals surface area contributed by atoms with Crippen LogP contribution in [-0.2, 0) is 18.4 Å². The predicted molar refractivity (Wildman–Crippen MR) is 101 cm³/mol. The number of tetrazole rings is 1. The van der Waals surface area contributed by atoms with E-state index in [1.807, 2.05) is 43.7 Å². The van der Waals surface area contributed by atoms with Gasteiger partial charge in [-0.25, -0.2) is 0 Å². The average Bonchev–Trinajstić information content (AvgIpc) is 3.40. The highest BCUT2D eigenvalue weighted by atomic mass is 35.5. The Kier molecular flexibility index (Phi) is 5.82. The number of carbonyl (C=O) groups excluding carboxylic acids is 1. The molecule has 142 valence electrons. The summed E-state index contributed by atoms with van der Waals surface area (Å²) >= 11 is 0. The number of hydrogen-bond donors (Lipinski definition) is 3. The largest absolute Gasteiger partial charge is 0.352 e. The van der Waals surface area contributed by atoms with E-state index in [0.29, 0.717) is 18.9 Å². The maximum atomic E-state index is 12.7. The number of aryl methyl sites for hydroxylation is 1. The van der Waals surface area contributed by atoms with Gasteiger partial charge >= 0.3 is 0 Å². The number of amides is 1. The minimum atomic E-state index is -0.0854. The number of carbonyl (C=O) groups is 1. The summed E-state index contributed by atoms with van der Waals surface area (Å²) in [6.07, 6.45) is 3.82. The monoisotopic (exact) mass is 388 g/mol. The Labute approximate surface area is 162 Å². The van der Waals surface area contributed by atoms with E-state index >= 15 is 0 Å². The predicted octanol–water partition coefficient (Wildman–Crippen LogP) is 0.641. The fourth-order valence-electron chi connectivity index (χ4n) is 3.31. The fraction of sp³-hybridized carbons (Fsp3) is 0.353. The number of rotatable bonds is 5. The highest BCUT2D eigenvalue weighted by Crippen LogP contribution is 2.28. The van der Waals surface area contributed by atoms with Crippen molar-refractivity contribution in [2.75, 3.05) is 13.1 Å². The van der Waals surface area contributed by atoms with Crippen LogP contribution < -0.4 is 10.6 Å². The molecule has 0 bridgehead atoms. The summed E-state index contributed by atoms with van der Waals surface area (Å²) in [5.74, 6) is 0.685. The second-order valence-electron chi connectivity index (χ2n) is 6.47. The molecule has 0 radical (unpaired) electrons. The maximum Gasteiger partial charge on any atom is 0.225 e. The van der Waals surface area contributed by atoms with Crippen molar-refractivity contribution in [2.24, 2.45) is 13.0 Å². The summed E-state index contributed by atoms with van der Waals surface area (Å²) in [6, 6.07) is 7.75. The van der Waals surface area contributed by atoms with E-state index in [2.05, 4.69) is 36.4 Å².